The van der Waals surface area contributed by atoms with Gasteiger partial charge in [0.15, 0.2) is 4.32 Å². The van der Waals surface area contributed by atoms with Crippen molar-refractivity contribution in [3.8, 4) is 11.3 Å². The van der Waals surface area contributed by atoms with Gasteiger partial charge in [-0.3, -0.25) is 19.8 Å². The van der Waals surface area contributed by atoms with Gasteiger partial charge in [0, 0.05) is 42.5 Å². The Hall–Kier alpha value is -3.43. The first-order valence-electron chi connectivity index (χ1n) is 10.4. The van der Waals surface area contributed by atoms with Crippen LogP contribution in [-0.4, -0.2) is 28.2 Å². The van der Waals surface area contributed by atoms with Gasteiger partial charge in [-0.25, -0.2) is 0 Å². The first-order chi connectivity index (χ1) is 15.9. The summed E-state index contributed by atoms with van der Waals surface area (Å²) in [5.41, 5.74) is 2.54. The third-order valence-corrected chi connectivity index (χ3v) is 6.60. The largest absolute Gasteiger partial charge is 0.457 e. The average molecular weight is 480 g/mol. The van der Waals surface area contributed by atoms with Gasteiger partial charge >= 0.3 is 0 Å². The molecule has 0 radical (unpaired) electrons. The lowest BCUT2D eigenvalue weighted by molar-refractivity contribution is -0.384. The van der Waals surface area contributed by atoms with Gasteiger partial charge in [-0.05, 0) is 62.4 Å². The highest BCUT2D eigenvalue weighted by molar-refractivity contribution is 8.27. The van der Waals surface area contributed by atoms with Crippen LogP contribution in [-0.2, 0) is 4.79 Å². The van der Waals surface area contributed by atoms with Gasteiger partial charge in [0.2, 0.25) is 0 Å². The van der Waals surface area contributed by atoms with E-state index in [2.05, 4.69) is 18.7 Å². The molecule has 0 N–H and O–H groups in total. The van der Waals surface area contributed by atoms with Gasteiger partial charge in [0.25, 0.3) is 11.6 Å². The lowest BCUT2D eigenvalue weighted by Gasteiger charge is -2.22. The third-order valence-electron chi connectivity index (χ3n) is 5.29. The second-order valence-corrected chi connectivity index (χ2v) is 8.89. The molecule has 1 fully saturated rings. The molecule has 7 nitrogen and oxygen atoms in total. The minimum atomic E-state index is -0.448. The van der Waals surface area contributed by atoms with Gasteiger partial charge in [-0.15, -0.1) is 0 Å². The number of amides is 1. The topological polar surface area (TPSA) is 79.8 Å². The van der Waals surface area contributed by atoms with E-state index >= 15 is 0 Å². The number of thioether (sulfide) groups is 1. The smallest absolute Gasteiger partial charge is 0.270 e. The Morgan fingerprint density at radius 1 is 1.06 bits per heavy atom. The molecular formula is C24H21N3O4S2. The van der Waals surface area contributed by atoms with Crippen molar-refractivity contribution in [1.82, 2.24) is 0 Å². The Labute approximate surface area is 200 Å². The average Bonchev–Trinajstić information content (AvgIpc) is 3.39. The third kappa shape index (κ3) is 4.69. The van der Waals surface area contributed by atoms with Crippen molar-refractivity contribution in [2.24, 2.45) is 0 Å². The number of carbonyl (C=O) groups excluding carboxylic acids is 1. The lowest BCUT2D eigenvalue weighted by Crippen LogP contribution is -2.27. The van der Waals surface area contributed by atoms with Crippen LogP contribution < -0.4 is 9.80 Å². The Bertz CT molecular complexity index is 1230. The molecule has 1 aliphatic heterocycles. The number of nitro benzene ring substituents is 1. The van der Waals surface area contributed by atoms with Crippen LogP contribution in [0.25, 0.3) is 17.4 Å². The van der Waals surface area contributed by atoms with Crippen molar-refractivity contribution in [3.63, 3.8) is 0 Å². The SMILES string of the molecule is CCN(CC)c1ccc(N2C(=O)/C(=C\c3ccc(-c4ccc([N+](=O)[O-])cc4)o3)SC2=S)cc1. The molecule has 1 amide bonds. The molecule has 168 valence electrons. The van der Waals surface area contributed by atoms with E-state index in [1.807, 2.05) is 24.3 Å². The fourth-order valence-electron chi connectivity index (χ4n) is 3.55. The van der Waals surface area contributed by atoms with E-state index < -0.39 is 4.92 Å². The summed E-state index contributed by atoms with van der Waals surface area (Å²) in [5.74, 6) is 0.855. The number of non-ortho nitro benzene ring substituents is 1. The number of nitrogens with zero attached hydrogens (tertiary/aromatic N) is 3. The molecule has 0 saturated carbocycles. The molecule has 1 saturated heterocycles. The molecule has 0 atom stereocenters. The number of rotatable bonds is 7. The summed E-state index contributed by atoms with van der Waals surface area (Å²) in [7, 11) is 0. The summed E-state index contributed by atoms with van der Waals surface area (Å²) in [6, 6.07) is 17.4. The molecule has 0 bridgehead atoms. The fraction of sp³-hybridized carbons (Fsp3) is 0.167. The highest BCUT2D eigenvalue weighted by Gasteiger charge is 2.33. The molecule has 3 aromatic rings. The molecule has 9 heteroatoms. The summed E-state index contributed by atoms with van der Waals surface area (Å²) in [6.07, 6.45) is 1.67. The van der Waals surface area contributed by atoms with Gasteiger partial charge in [-0.1, -0.05) is 24.0 Å². The molecule has 0 aliphatic carbocycles. The minimum Gasteiger partial charge on any atom is -0.457 e. The lowest BCUT2D eigenvalue weighted by atomic mass is 10.1. The Balaban J connectivity index is 1.53. The summed E-state index contributed by atoms with van der Waals surface area (Å²) in [4.78, 5) is 27.7. The van der Waals surface area contributed by atoms with Gasteiger partial charge in [0.05, 0.1) is 15.5 Å². The Morgan fingerprint density at radius 3 is 2.33 bits per heavy atom. The molecule has 0 unspecified atom stereocenters. The number of nitro groups is 1. The summed E-state index contributed by atoms with van der Waals surface area (Å²) in [6.45, 7) is 6.02. The number of hydrogen-bond donors (Lipinski definition) is 0. The molecule has 1 aromatic heterocycles. The molecule has 1 aliphatic rings. The summed E-state index contributed by atoms with van der Waals surface area (Å²) >= 11 is 6.69. The number of furan rings is 1. The summed E-state index contributed by atoms with van der Waals surface area (Å²) < 4.78 is 6.31. The summed E-state index contributed by atoms with van der Waals surface area (Å²) in [5, 5.41) is 10.8. The van der Waals surface area contributed by atoms with Gasteiger partial charge in [-0.2, -0.15) is 0 Å². The maximum Gasteiger partial charge on any atom is 0.270 e. The molecule has 4 rings (SSSR count). The Morgan fingerprint density at radius 2 is 1.73 bits per heavy atom. The first kappa shape index (κ1) is 22.8. The van der Waals surface area contributed by atoms with Crippen molar-refractivity contribution in [3.05, 3.63) is 81.4 Å². The number of thiocarbonyl (C=S) groups is 1. The fourth-order valence-corrected chi connectivity index (χ4v) is 4.83. The van der Waals surface area contributed by atoms with Crippen molar-refractivity contribution in [1.29, 1.82) is 0 Å². The predicted molar refractivity (Wildman–Crippen MR) is 136 cm³/mol. The minimum absolute atomic E-state index is 0.0133. The van der Waals surface area contributed by atoms with Crippen LogP contribution in [0.1, 0.15) is 19.6 Å². The zero-order valence-corrected chi connectivity index (χ0v) is 19.7. The second-order valence-electron chi connectivity index (χ2n) is 7.21. The molecule has 2 aromatic carbocycles. The second kappa shape index (κ2) is 9.60. The number of benzene rings is 2. The highest BCUT2D eigenvalue weighted by atomic mass is 32.2. The van der Waals surface area contributed by atoms with Crippen LogP contribution in [0.4, 0.5) is 17.1 Å². The molecule has 33 heavy (non-hydrogen) atoms. The van der Waals surface area contributed by atoms with E-state index in [0.29, 0.717) is 26.3 Å². The van der Waals surface area contributed by atoms with E-state index in [1.165, 1.54) is 28.8 Å². The van der Waals surface area contributed by atoms with E-state index in [1.54, 1.807) is 30.3 Å². The zero-order valence-electron chi connectivity index (χ0n) is 18.1. The van der Waals surface area contributed by atoms with E-state index in [-0.39, 0.29) is 11.6 Å². The number of anilines is 2. The molecular weight excluding hydrogens is 458 g/mol. The van der Waals surface area contributed by atoms with Crippen LogP contribution in [0.5, 0.6) is 0 Å². The Kier molecular flexibility index (Phi) is 6.62. The highest BCUT2D eigenvalue weighted by Crippen LogP contribution is 2.37. The van der Waals surface area contributed by atoms with Crippen LogP contribution >= 0.6 is 24.0 Å². The van der Waals surface area contributed by atoms with Crippen LogP contribution in [0.2, 0.25) is 0 Å². The zero-order chi connectivity index (χ0) is 23.5. The van der Waals surface area contributed by atoms with Crippen LogP contribution in [0, 0.1) is 10.1 Å². The number of carbonyl (C=O) groups is 1. The van der Waals surface area contributed by atoms with Gasteiger partial charge < -0.3 is 9.32 Å². The molecule has 2 heterocycles. The van der Waals surface area contributed by atoms with Gasteiger partial charge in [0.1, 0.15) is 11.5 Å². The number of hydrogen-bond acceptors (Lipinski definition) is 7. The van der Waals surface area contributed by atoms with Crippen molar-refractivity contribution in [2.45, 2.75) is 13.8 Å². The van der Waals surface area contributed by atoms with E-state index in [4.69, 9.17) is 16.6 Å². The van der Waals surface area contributed by atoms with E-state index in [0.717, 1.165) is 24.5 Å². The monoisotopic (exact) mass is 479 g/mol. The van der Waals surface area contributed by atoms with Crippen molar-refractivity contribution in [2.75, 3.05) is 22.9 Å². The first-order valence-corrected chi connectivity index (χ1v) is 11.6. The maximum absolute atomic E-state index is 13.1. The van der Waals surface area contributed by atoms with Crippen molar-refractivity contribution < 1.29 is 14.1 Å². The van der Waals surface area contributed by atoms with Crippen molar-refractivity contribution >= 4 is 57.3 Å². The van der Waals surface area contributed by atoms with Crippen LogP contribution in [0.15, 0.2) is 70.0 Å². The predicted octanol–water partition coefficient (Wildman–Crippen LogP) is 6.11. The normalized spacial score (nSPS) is 14.8. The van der Waals surface area contributed by atoms with Crippen LogP contribution in [0.3, 0.4) is 0 Å². The van der Waals surface area contributed by atoms with E-state index in [9.17, 15) is 14.9 Å². The maximum atomic E-state index is 13.1. The standard InChI is InChI=1S/C24H21N3O4S2/c1-3-25(4-2)17-9-11-18(12-10-17)26-23(28)22(33-24(26)32)15-20-13-14-21(31-20)16-5-7-19(8-6-16)27(29)30/h5-15H,3-4H2,1-2H3/b22-15+. The molecule has 0 spiro atoms. The quantitative estimate of drug-likeness (QED) is 0.175.